The molecule has 6 heteroatoms. The topological polar surface area (TPSA) is 64.1 Å². The van der Waals surface area contributed by atoms with E-state index in [4.69, 9.17) is 14.7 Å². The predicted octanol–water partition coefficient (Wildman–Crippen LogP) is 5.88. The van der Waals surface area contributed by atoms with Crippen LogP contribution in [0.15, 0.2) is 83.9 Å². The van der Waals surface area contributed by atoms with Crippen LogP contribution in [-0.4, -0.2) is 21.6 Å². The van der Waals surface area contributed by atoms with Crippen molar-refractivity contribution >= 4 is 23.4 Å². The zero-order chi connectivity index (χ0) is 21.9. The van der Waals surface area contributed by atoms with Gasteiger partial charge in [-0.15, -0.1) is 0 Å². The molecule has 1 N–H and O–H groups in total. The number of para-hydroxylation sites is 2. The summed E-state index contributed by atoms with van der Waals surface area (Å²) in [4.78, 5) is 22.1. The molecule has 1 aliphatic heterocycles. The predicted molar refractivity (Wildman–Crippen MR) is 127 cm³/mol. The highest BCUT2D eigenvalue weighted by molar-refractivity contribution is 8.00. The molecule has 0 bridgehead atoms. The molecule has 0 aliphatic carbocycles. The smallest absolute Gasteiger partial charge is 0.234 e. The quantitative estimate of drug-likeness (QED) is 0.274. The number of rotatable bonds is 5. The second kappa shape index (κ2) is 8.85. The van der Waals surface area contributed by atoms with Crippen LogP contribution >= 0.6 is 11.8 Å². The Balaban J connectivity index is 1.45. The van der Waals surface area contributed by atoms with Gasteiger partial charge in [-0.25, -0.2) is 4.98 Å². The Morgan fingerprint density at radius 1 is 0.969 bits per heavy atom. The summed E-state index contributed by atoms with van der Waals surface area (Å²) in [5, 5.41) is 3.69. The molecule has 3 aromatic carbocycles. The van der Waals surface area contributed by atoms with Crippen LogP contribution in [0.3, 0.4) is 0 Å². The summed E-state index contributed by atoms with van der Waals surface area (Å²) >= 11 is 1.41. The first kappa shape index (κ1) is 20.3. The average molecular weight is 440 g/mol. The minimum Gasteiger partial charge on any atom is -0.438 e. The molecular formula is C26H21N3O2S. The third kappa shape index (κ3) is 4.36. The number of carbonyl (C=O) groups excluding carboxylic acids is 1. The van der Waals surface area contributed by atoms with Crippen molar-refractivity contribution in [1.29, 1.82) is 0 Å². The van der Waals surface area contributed by atoms with Gasteiger partial charge in [0.15, 0.2) is 5.82 Å². The zero-order valence-electron chi connectivity index (χ0n) is 17.5. The van der Waals surface area contributed by atoms with Crippen molar-refractivity contribution < 1.29 is 9.53 Å². The minimum absolute atomic E-state index is 0.0809. The number of anilines is 1. The van der Waals surface area contributed by atoms with Crippen molar-refractivity contribution in [1.82, 2.24) is 9.97 Å². The van der Waals surface area contributed by atoms with Crippen molar-refractivity contribution in [2.45, 2.75) is 18.4 Å². The largest absolute Gasteiger partial charge is 0.438 e. The van der Waals surface area contributed by atoms with Crippen molar-refractivity contribution in [2.75, 3.05) is 11.1 Å². The molecule has 0 saturated heterocycles. The van der Waals surface area contributed by atoms with Crippen molar-refractivity contribution in [3.8, 4) is 23.0 Å². The standard InChI is InChI=1S/C26H21N3O2S/c1-17-11-13-18(14-12-17)24-28-25-21(15-19-7-5-6-10-22(19)31-25)26(29-24)32-16-23(30)27-20-8-3-2-4-9-20/h2-14H,15-16H2,1H3,(H,27,30). The second-order valence-corrected chi connectivity index (χ2v) is 8.56. The van der Waals surface area contributed by atoms with E-state index in [0.29, 0.717) is 18.1 Å². The molecule has 0 radical (unpaired) electrons. The number of nitrogens with zero attached hydrogens (tertiary/aromatic N) is 2. The van der Waals surface area contributed by atoms with Crippen molar-refractivity contribution in [3.63, 3.8) is 0 Å². The Morgan fingerprint density at radius 3 is 2.53 bits per heavy atom. The van der Waals surface area contributed by atoms with Crippen LogP contribution in [0.4, 0.5) is 5.69 Å². The number of ether oxygens (including phenoxy) is 1. The van der Waals surface area contributed by atoms with Crippen LogP contribution in [0.2, 0.25) is 0 Å². The van der Waals surface area contributed by atoms with E-state index in [0.717, 1.165) is 33.2 Å². The highest BCUT2D eigenvalue weighted by Crippen LogP contribution is 2.40. The highest BCUT2D eigenvalue weighted by Gasteiger charge is 2.24. The molecule has 0 saturated carbocycles. The van der Waals surface area contributed by atoms with Crippen LogP contribution in [0, 0.1) is 6.92 Å². The highest BCUT2D eigenvalue weighted by atomic mass is 32.2. The molecule has 5 nitrogen and oxygen atoms in total. The summed E-state index contributed by atoms with van der Waals surface area (Å²) in [6.07, 6.45) is 0.669. The van der Waals surface area contributed by atoms with Gasteiger partial charge in [-0.1, -0.05) is 78.0 Å². The van der Waals surface area contributed by atoms with Gasteiger partial charge < -0.3 is 10.1 Å². The maximum absolute atomic E-state index is 12.5. The fraction of sp³-hybridized carbons (Fsp3) is 0.115. The summed E-state index contributed by atoms with van der Waals surface area (Å²) in [5.41, 5.74) is 4.86. The first-order valence-electron chi connectivity index (χ1n) is 10.4. The number of hydrogen-bond acceptors (Lipinski definition) is 5. The minimum atomic E-state index is -0.0809. The SMILES string of the molecule is Cc1ccc(-c2nc3c(c(SCC(=O)Nc4ccccc4)n2)Cc2ccccc2O3)cc1. The molecule has 0 spiro atoms. The average Bonchev–Trinajstić information content (AvgIpc) is 2.82. The number of fused-ring (bicyclic) bond motifs is 2. The molecule has 0 atom stereocenters. The lowest BCUT2D eigenvalue weighted by atomic mass is 10.0. The van der Waals surface area contributed by atoms with Gasteiger partial charge in [-0.2, -0.15) is 4.98 Å². The molecule has 2 heterocycles. The lowest BCUT2D eigenvalue weighted by Gasteiger charge is -2.21. The molecule has 5 rings (SSSR count). The maximum atomic E-state index is 12.5. The summed E-state index contributed by atoms with van der Waals surface area (Å²) in [6.45, 7) is 2.05. The lowest BCUT2D eigenvalue weighted by Crippen LogP contribution is -2.15. The summed E-state index contributed by atoms with van der Waals surface area (Å²) in [5.74, 6) is 2.12. The van der Waals surface area contributed by atoms with E-state index >= 15 is 0 Å². The molecule has 1 aromatic heterocycles. The number of aryl methyl sites for hydroxylation is 1. The lowest BCUT2D eigenvalue weighted by molar-refractivity contribution is -0.113. The first-order valence-corrected chi connectivity index (χ1v) is 11.4. The third-order valence-electron chi connectivity index (χ3n) is 5.18. The second-order valence-electron chi connectivity index (χ2n) is 7.59. The molecule has 158 valence electrons. The van der Waals surface area contributed by atoms with Crippen LogP contribution in [-0.2, 0) is 11.2 Å². The molecule has 1 aliphatic rings. The Bertz CT molecular complexity index is 1270. The summed E-state index contributed by atoms with van der Waals surface area (Å²) < 4.78 is 6.14. The van der Waals surface area contributed by atoms with Gasteiger partial charge in [0.25, 0.3) is 0 Å². The number of carbonyl (C=O) groups is 1. The van der Waals surface area contributed by atoms with Crippen LogP contribution < -0.4 is 10.1 Å². The van der Waals surface area contributed by atoms with E-state index in [1.54, 1.807) is 0 Å². The molecule has 0 unspecified atom stereocenters. The summed E-state index contributed by atoms with van der Waals surface area (Å²) in [7, 11) is 0. The van der Waals surface area contributed by atoms with Gasteiger partial charge >= 0.3 is 0 Å². The fourth-order valence-electron chi connectivity index (χ4n) is 3.53. The van der Waals surface area contributed by atoms with Gasteiger partial charge in [0.1, 0.15) is 10.8 Å². The molecule has 0 fully saturated rings. The van der Waals surface area contributed by atoms with E-state index in [1.165, 1.54) is 17.3 Å². The Labute approximate surface area is 190 Å². The Hall–Kier alpha value is -3.64. The normalized spacial score (nSPS) is 11.8. The van der Waals surface area contributed by atoms with Gasteiger partial charge in [-0.3, -0.25) is 4.79 Å². The van der Waals surface area contributed by atoms with Gasteiger partial charge in [0.2, 0.25) is 11.8 Å². The van der Waals surface area contributed by atoms with Crippen LogP contribution in [0.5, 0.6) is 11.6 Å². The summed E-state index contributed by atoms with van der Waals surface area (Å²) in [6, 6.07) is 25.5. The number of nitrogens with one attached hydrogen (secondary N) is 1. The fourth-order valence-corrected chi connectivity index (χ4v) is 4.35. The van der Waals surface area contributed by atoms with Gasteiger partial charge in [0.05, 0.1) is 11.3 Å². The van der Waals surface area contributed by atoms with Gasteiger partial charge in [-0.05, 0) is 30.7 Å². The number of hydrogen-bond donors (Lipinski definition) is 1. The molecule has 1 amide bonds. The first-order chi connectivity index (χ1) is 15.7. The van der Waals surface area contributed by atoms with Crippen molar-refractivity contribution in [3.05, 3.63) is 95.6 Å². The van der Waals surface area contributed by atoms with Crippen LogP contribution in [0.25, 0.3) is 11.4 Å². The van der Waals surface area contributed by atoms with Crippen molar-refractivity contribution in [2.24, 2.45) is 0 Å². The molecule has 32 heavy (non-hydrogen) atoms. The Kier molecular flexibility index (Phi) is 5.60. The van der Waals surface area contributed by atoms with Crippen LogP contribution in [0.1, 0.15) is 16.7 Å². The van der Waals surface area contributed by atoms with E-state index < -0.39 is 0 Å². The molecular weight excluding hydrogens is 418 g/mol. The van der Waals surface area contributed by atoms with Gasteiger partial charge in [0, 0.05) is 17.7 Å². The number of aromatic nitrogens is 2. The number of amides is 1. The Morgan fingerprint density at radius 2 is 1.72 bits per heavy atom. The van der Waals surface area contributed by atoms with E-state index in [9.17, 15) is 4.79 Å². The van der Waals surface area contributed by atoms with E-state index in [1.807, 2.05) is 85.8 Å². The van der Waals surface area contributed by atoms with E-state index in [2.05, 4.69) is 5.32 Å². The third-order valence-corrected chi connectivity index (χ3v) is 6.20. The molecule has 4 aromatic rings. The van der Waals surface area contributed by atoms with E-state index in [-0.39, 0.29) is 11.7 Å². The number of benzene rings is 3. The maximum Gasteiger partial charge on any atom is 0.234 e. The number of thioether (sulfide) groups is 1. The monoisotopic (exact) mass is 439 g/mol. The zero-order valence-corrected chi connectivity index (χ0v) is 18.4.